The second-order valence-corrected chi connectivity index (χ2v) is 10.00. The Balaban J connectivity index is 1.59. The lowest BCUT2D eigenvalue weighted by molar-refractivity contribution is 0.805. The van der Waals surface area contributed by atoms with Gasteiger partial charge in [-0.25, -0.2) is 4.98 Å². The standard InChI is InChI=1S/C27H30BrClN4/c1-5-33(23-9-10-24(18(2)3)25(28)17-23)27-30-19(4)15-26(31-27)32-13-11-20(12-14-32)21-7-6-8-22(29)16-21/h6-11,15-18H,5,12-14H2,1-4H3. The molecule has 0 radical (unpaired) electrons. The minimum Gasteiger partial charge on any atom is -0.352 e. The molecule has 0 bridgehead atoms. The van der Waals surface area contributed by atoms with E-state index in [0.29, 0.717) is 5.92 Å². The molecule has 2 heterocycles. The quantitative estimate of drug-likeness (QED) is 0.329. The van der Waals surface area contributed by atoms with Crippen LogP contribution in [-0.4, -0.2) is 29.6 Å². The van der Waals surface area contributed by atoms with Crippen LogP contribution in [-0.2, 0) is 0 Å². The first kappa shape index (κ1) is 23.8. The Morgan fingerprint density at radius 1 is 1.12 bits per heavy atom. The van der Waals surface area contributed by atoms with Crippen LogP contribution in [0.5, 0.6) is 0 Å². The molecule has 0 fully saturated rings. The van der Waals surface area contributed by atoms with Gasteiger partial charge in [0.1, 0.15) is 5.82 Å². The number of nitrogens with zero attached hydrogens (tertiary/aromatic N) is 4. The smallest absolute Gasteiger partial charge is 0.232 e. The van der Waals surface area contributed by atoms with E-state index in [4.69, 9.17) is 21.6 Å². The second kappa shape index (κ2) is 10.3. The zero-order chi connectivity index (χ0) is 23.5. The van der Waals surface area contributed by atoms with Crippen molar-refractivity contribution in [3.63, 3.8) is 0 Å². The zero-order valence-corrected chi connectivity index (χ0v) is 22.0. The molecule has 3 aromatic rings. The molecule has 172 valence electrons. The average molecular weight is 526 g/mol. The Morgan fingerprint density at radius 3 is 2.58 bits per heavy atom. The summed E-state index contributed by atoms with van der Waals surface area (Å²) in [4.78, 5) is 14.2. The van der Waals surface area contributed by atoms with Crippen molar-refractivity contribution < 1.29 is 0 Å². The van der Waals surface area contributed by atoms with Crippen molar-refractivity contribution in [1.82, 2.24) is 9.97 Å². The molecule has 4 nitrogen and oxygen atoms in total. The Kier molecular flexibility index (Phi) is 7.40. The van der Waals surface area contributed by atoms with Crippen molar-refractivity contribution in [3.8, 4) is 0 Å². The van der Waals surface area contributed by atoms with E-state index in [2.05, 4.69) is 82.9 Å². The molecule has 0 aliphatic carbocycles. The summed E-state index contributed by atoms with van der Waals surface area (Å²) < 4.78 is 1.12. The fourth-order valence-corrected chi connectivity index (χ4v) is 5.25. The molecular formula is C27H30BrClN4. The van der Waals surface area contributed by atoms with Crippen molar-refractivity contribution in [1.29, 1.82) is 0 Å². The van der Waals surface area contributed by atoms with Gasteiger partial charge in [0.05, 0.1) is 0 Å². The number of aryl methyl sites for hydroxylation is 1. The maximum absolute atomic E-state index is 6.19. The molecule has 33 heavy (non-hydrogen) atoms. The van der Waals surface area contributed by atoms with Crippen LogP contribution in [0.1, 0.15) is 49.9 Å². The number of halogens is 2. The molecule has 6 heteroatoms. The SMILES string of the molecule is CCN(c1ccc(C(C)C)c(Br)c1)c1nc(C)cc(N2CC=C(c3cccc(Cl)c3)CC2)n1. The summed E-state index contributed by atoms with van der Waals surface area (Å²) in [5.74, 6) is 2.17. The van der Waals surface area contributed by atoms with Gasteiger partial charge in [-0.05, 0) is 67.2 Å². The van der Waals surface area contributed by atoms with E-state index in [-0.39, 0.29) is 0 Å². The molecule has 1 aromatic heterocycles. The van der Waals surface area contributed by atoms with Gasteiger partial charge in [0, 0.05) is 46.6 Å². The van der Waals surface area contributed by atoms with Gasteiger partial charge in [-0.2, -0.15) is 4.98 Å². The molecule has 2 aromatic carbocycles. The van der Waals surface area contributed by atoms with Crippen LogP contribution in [0.25, 0.3) is 5.57 Å². The van der Waals surface area contributed by atoms with Crippen LogP contribution in [0.3, 0.4) is 0 Å². The molecule has 1 aliphatic heterocycles. The number of hydrogen-bond acceptors (Lipinski definition) is 4. The Labute approximate surface area is 210 Å². The largest absolute Gasteiger partial charge is 0.352 e. The van der Waals surface area contributed by atoms with E-state index < -0.39 is 0 Å². The maximum atomic E-state index is 6.19. The number of aromatic nitrogens is 2. The van der Waals surface area contributed by atoms with E-state index in [1.54, 1.807) is 0 Å². The molecule has 0 amide bonds. The number of benzene rings is 2. The van der Waals surface area contributed by atoms with Gasteiger partial charge >= 0.3 is 0 Å². The lowest BCUT2D eigenvalue weighted by Gasteiger charge is -2.29. The van der Waals surface area contributed by atoms with E-state index in [0.717, 1.165) is 58.7 Å². The van der Waals surface area contributed by atoms with E-state index >= 15 is 0 Å². The van der Waals surface area contributed by atoms with Gasteiger partial charge in [-0.15, -0.1) is 0 Å². The predicted octanol–water partition coefficient (Wildman–Crippen LogP) is 7.78. The van der Waals surface area contributed by atoms with E-state index in [1.807, 2.05) is 25.1 Å². The number of rotatable bonds is 6. The van der Waals surface area contributed by atoms with Crippen LogP contribution in [0.15, 0.2) is 59.1 Å². The number of hydrogen-bond donors (Lipinski definition) is 0. The van der Waals surface area contributed by atoms with Gasteiger partial charge in [0.2, 0.25) is 5.95 Å². The highest BCUT2D eigenvalue weighted by atomic mass is 79.9. The molecular weight excluding hydrogens is 496 g/mol. The van der Waals surface area contributed by atoms with Gasteiger partial charge in [-0.1, -0.05) is 65.7 Å². The summed E-state index contributed by atoms with van der Waals surface area (Å²) in [5, 5.41) is 0.777. The first-order chi connectivity index (χ1) is 15.9. The fourth-order valence-electron chi connectivity index (χ4n) is 4.24. The molecule has 4 rings (SSSR count). The Morgan fingerprint density at radius 2 is 1.94 bits per heavy atom. The minimum atomic E-state index is 0.467. The molecule has 1 aliphatic rings. The summed E-state index contributed by atoms with van der Waals surface area (Å²) in [6.07, 6.45) is 3.24. The van der Waals surface area contributed by atoms with Crippen LogP contribution in [0, 0.1) is 6.92 Å². The molecule has 0 saturated heterocycles. The summed E-state index contributed by atoms with van der Waals surface area (Å²) >= 11 is 9.94. The first-order valence-corrected chi connectivity index (χ1v) is 12.7. The molecule has 0 N–H and O–H groups in total. The third kappa shape index (κ3) is 5.42. The van der Waals surface area contributed by atoms with Gasteiger partial charge in [-0.3, -0.25) is 0 Å². The highest BCUT2D eigenvalue weighted by Gasteiger charge is 2.19. The fraction of sp³-hybridized carbons (Fsp3) is 0.333. The van der Waals surface area contributed by atoms with Gasteiger partial charge in [0.15, 0.2) is 0 Å². The van der Waals surface area contributed by atoms with Crippen LogP contribution in [0.4, 0.5) is 17.5 Å². The van der Waals surface area contributed by atoms with Crippen molar-refractivity contribution in [3.05, 3.63) is 80.9 Å². The van der Waals surface area contributed by atoms with Crippen LogP contribution < -0.4 is 9.80 Å². The summed E-state index contributed by atoms with van der Waals surface area (Å²) in [6, 6.07) is 16.7. The maximum Gasteiger partial charge on any atom is 0.232 e. The van der Waals surface area contributed by atoms with Crippen LogP contribution in [0.2, 0.25) is 5.02 Å². The summed E-state index contributed by atoms with van der Waals surface area (Å²) in [7, 11) is 0. The Hall–Kier alpha value is -2.37. The van der Waals surface area contributed by atoms with Crippen molar-refractivity contribution >= 4 is 50.6 Å². The average Bonchev–Trinajstić information content (AvgIpc) is 2.79. The van der Waals surface area contributed by atoms with Gasteiger partial charge in [0.25, 0.3) is 0 Å². The van der Waals surface area contributed by atoms with Crippen molar-refractivity contribution in [2.45, 2.75) is 40.0 Å². The number of anilines is 3. The molecule has 0 atom stereocenters. The monoisotopic (exact) mass is 524 g/mol. The predicted molar refractivity (Wildman–Crippen MR) is 144 cm³/mol. The Bertz CT molecular complexity index is 1170. The lowest BCUT2D eigenvalue weighted by atomic mass is 9.99. The first-order valence-electron chi connectivity index (χ1n) is 11.5. The normalized spacial score (nSPS) is 13.9. The summed E-state index contributed by atoms with van der Waals surface area (Å²) in [5.41, 5.74) is 5.90. The third-order valence-corrected chi connectivity index (χ3v) is 6.95. The molecule has 0 saturated carbocycles. The van der Waals surface area contributed by atoms with E-state index in [9.17, 15) is 0 Å². The van der Waals surface area contributed by atoms with Crippen molar-refractivity contribution in [2.75, 3.05) is 29.4 Å². The highest BCUT2D eigenvalue weighted by molar-refractivity contribution is 9.10. The van der Waals surface area contributed by atoms with Crippen LogP contribution >= 0.6 is 27.5 Å². The summed E-state index contributed by atoms with van der Waals surface area (Å²) in [6.45, 7) is 11.1. The zero-order valence-electron chi connectivity index (χ0n) is 19.6. The third-order valence-electron chi connectivity index (χ3n) is 6.03. The minimum absolute atomic E-state index is 0.467. The lowest BCUT2D eigenvalue weighted by Crippen LogP contribution is -2.30. The van der Waals surface area contributed by atoms with Gasteiger partial charge < -0.3 is 9.80 Å². The highest BCUT2D eigenvalue weighted by Crippen LogP contribution is 2.33. The topological polar surface area (TPSA) is 32.3 Å². The second-order valence-electron chi connectivity index (χ2n) is 8.71. The van der Waals surface area contributed by atoms with Crippen molar-refractivity contribution in [2.24, 2.45) is 0 Å². The molecule has 0 spiro atoms. The molecule has 0 unspecified atom stereocenters. The van der Waals surface area contributed by atoms with E-state index in [1.165, 1.54) is 16.7 Å².